The number of carbonyl (C=O) groups is 4. The lowest BCUT2D eigenvalue weighted by molar-refractivity contribution is -0.146. The Morgan fingerprint density at radius 1 is 1.14 bits per heavy atom. The Morgan fingerprint density at radius 2 is 1.89 bits per heavy atom. The number of aromatic nitrogens is 1. The molecule has 2 heterocycles. The lowest BCUT2D eigenvalue weighted by Crippen LogP contribution is -2.58. The summed E-state index contributed by atoms with van der Waals surface area (Å²) in [7, 11) is 0. The number of amides is 3. The maximum absolute atomic E-state index is 14.4. The number of hydrogen-bond acceptors (Lipinski definition) is 7. The summed E-state index contributed by atoms with van der Waals surface area (Å²) in [5, 5.41) is 16.3. The predicted molar refractivity (Wildman–Crippen MR) is 163 cm³/mol. The van der Waals surface area contributed by atoms with Gasteiger partial charge in [0, 0.05) is 23.9 Å². The van der Waals surface area contributed by atoms with E-state index in [2.05, 4.69) is 22.2 Å². The van der Waals surface area contributed by atoms with E-state index >= 15 is 0 Å². The lowest BCUT2D eigenvalue weighted by atomic mass is 9.83. The van der Waals surface area contributed by atoms with Gasteiger partial charge in [-0.15, -0.1) is 6.58 Å². The van der Waals surface area contributed by atoms with Crippen LogP contribution in [0.3, 0.4) is 0 Å². The van der Waals surface area contributed by atoms with E-state index in [1.54, 1.807) is 27.0 Å². The van der Waals surface area contributed by atoms with E-state index in [0.29, 0.717) is 5.75 Å². The molecule has 0 radical (unpaired) electrons. The van der Waals surface area contributed by atoms with Gasteiger partial charge >= 0.3 is 12.1 Å². The number of rotatable bonds is 9. The predicted octanol–water partition coefficient (Wildman–Crippen LogP) is 4.20. The second kappa shape index (κ2) is 12.5. The Morgan fingerprint density at radius 3 is 2.55 bits per heavy atom. The molecule has 3 fully saturated rings. The van der Waals surface area contributed by atoms with Gasteiger partial charge in [0.05, 0.1) is 12.1 Å². The summed E-state index contributed by atoms with van der Waals surface area (Å²) in [6.07, 6.45) is 6.74. The minimum absolute atomic E-state index is 0.0811. The van der Waals surface area contributed by atoms with Crippen molar-refractivity contribution in [2.75, 3.05) is 6.54 Å². The molecule has 1 aliphatic heterocycles. The number of nitrogens with zero attached hydrogens (tertiary/aromatic N) is 2. The van der Waals surface area contributed by atoms with Crippen molar-refractivity contribution >= 4 is 34.8 Å². The number of alkyl carbamates (subject to hydrolysis) is 1. The van der Waals surface area contributed by atoms with E-state index in [-0.39, 0.29) is 25.3 Å². The molecule has 2 aromatic rings. The summed E-state index contributed by atoms with van der Waals surface area (Å²) >= 11 is 0. The number of carboxylic acid groups (broad SMARTS) is 1. The third kappa shape index (κ3) is 6.66. The summed E-state index contributed by atoms with van der Waals surface area (Å²) in [5.74, 6) is -2.09. The molecule has 11 nitrogen and oxygen atoms in total. The Balaban J connectivity index is 1.43. The van der Waals surface area contributed by atoms with Gasteiger partial charge in [0.1, 0.15) is 35.1 Å². The van der Waals surface area contributed by atoms with Crippen molar-refractivity contribution in [2.45, 2.75) is 95.0 Å². The molecule has 5 atom stereocenters. The fourth-order valence-corrected chi connectivity index (χ4v) is 6.51. The number of likely N-dealkylation sites (tertiary alicyclic amines) is 1. The Hall–Kier alpha value is -4.15. The highest BCUT2D eigenvalue weighted by Gasteiger charge is 2.61. The number of pyridine rings is 1. The first kappa shape index (κ1) is 31.3. The van der Waals surface area contributed by atoms with Gasteiger partial charge in [-0.3, -0.25) is 14.6 Å². The second-order valence-corrected chi connectivity index (χ2v) is 13.1. The van der Waals surface area contributed by atoms with Crippen molar-refractivity contribution in [3.63, 3.8) is 0 Å². The van der Waals surface area contributed by atoms with E-state index in [4.69, 9.17) is 9.47 Å². The Labute approximate surface area is 257 Å². The molecule has 1 aromatic carbocycles. The monoisotopic (exact) mass is 606 g/mol. The number of carbonyl (C=O) groups excluding carboxylic acids is 3. The summed E-state index contributed by atoms with van der Waals surface area (Å²) in [5.41, 5.74) is -1.47. The average molecular weight is 607 g/mol. The number of nitrogens with one attached hydrogen (secondary N) is 2. The lowest BCUT2D eigenvalue weighted by Gasteiger charge is -2.35. The van der Waals surface area contributed by atoms with Crippen LogP contribution >= 0.6 is 0 Å². The van der Waals surface area contributed by atoms with Crippen LogP contribution in [0.15, 0.2) is 49.2 Å². The highest BCUT2D eigenvalue weighted by molar-refractivity contribution is 5.96. The second-order valence-electron chi connectivity index (χ2n) is 13.1. The molecule has 0 spiro atoms. The minimum Gasteiger partial charge on any atom is -0.488 e. The average Bonchev–Trinajstić information content (AvgIpc) is 3.55. The summed E-state index contributed by atoms with van der Waals surface area (Å²) in [4.78, 5) is 59.1. The molecule has 5 unspecified atom stereocenters. The number of aliphatic carboxylic acids is 1. The van der Waals surface area contributed by atoms with Crippen LogP contribution in [0.25, 0.3) is 10.9 Å². The van der Waals surface area contributed by atoms with Crippen LogP contribution in [0.4, 0.5) is 4.79 Å². The number of carboxylic acids is 1. The number of hydrogen-bond donors (Lipinski definition) is 3. The van der Waals surface area contributed by atoms with Crippen LogP contribution in [0.2, 0.25) is 0 Å². The molecule has 5 rings (SSSR count). The molecule has 2 aliphatic carbocycles. The van der Waals surface area contributed by atoms with E-state index < -0.39 is 59.1 Å². The molecule has 1 saturated heterocycles. The normalized spacial score (nSPS) is 26.0. The molecule has 1 aromatic heterocycles. The SMILES string of the molecule is C=CC1CC1(NC(=O)C1CC(Oc2cccc3ncccc23)CN1C(=O)C(NC(=O)OC(C)(C)C)C1CCCCC1)C(=O)O. The first-order chi connectivity index (χ1) is 20.9. The standard InChI is InChI=1S/C33H42N4O7/c1-5-21-18-33(21,30(40)41)36-28(38)25-17-22(43-26-15-9-14-24-23(26)13-10-16-34-24)19-37(25)29(39)27(20-11-7-6-8-12-20)35-31(42)44-32(2,3)4/h5,9-10,13-16,20-22,25,27H,1,6-8,11-12,17-19H2,2-4H3,(H,35,42)(H,36,38)(H,40,41). The fourth-order valence-electron chi connectivity index (χ4n) is 6.51. The van der Waals surface area contributed by atoms with Gasteiger partial charge in [-0.05, 0) is 70.2 Å². The van der Waals surface area contributed by atoms with Crippen LogP contribution in [0.5, 0.6) is 5.75 Å². The fraction of sp³-hybridized carbons (Fsp3) is 0.545. The van der Waals surface area contributed by atoms with Crippen LogP contribution in [-0.4, -0.2) is 74.7 Å². The van der Waals surface area contributed by atoms with Crippen molar-refractivity contribution in [3.05, 3.63) is 49.2 Å². The maximum Gasteiger partial charge on any atom is 0.408 e. The molecule has 3 aliphatic rings. The molecule has 11 heteroatoms. The van der Waals surface area contributed by atoms with Crippen molar-refractivity contribution < 1.29 is 33.8 Å². The van der Waals surface area contributed by atoms with Crippen LogP contribution in [0, 0.1) is 11.8 Å². The van der Waals surface area contributed by atoms with Gasteiger partial charge < -0.3 is 30.1 Å². The number of benzene rings is 1. The number of fused-ring (bicyclic) bond motifs is 1. The quantitative estimate of drug-likeness (QED) is 0.360. The minimum atomic E-state index is -1.45. The van der Waals surface area contributed by atoms with E-state index in [9.17, 15) is 24.3 Å². The van der Waals surface area contributed by atoms with Gasteiger partial charge in [-0.25, -0.2) is 9.59 Å². The number of ether oxygens (including phenoxy) is 2. The molecular weight excluding hydrogens is 564 g/mol. The zero-order chi connectivity index (χ0) is 31.6. The highest BCUT2D eigenvalue weighted by atomic mass is 16.6. The van der Waals surface area contributed by atoms with E-state index in [0.717, 1.165) is 43.0 Å². The third-order valence-corrected chi connectivity index (χ3v) is 8.83. The van der Waals surface area contributed by atoms with Crippen molar-refractivity contribution in [1.82, 2.24) is 20.5 Å². The highest BCUT2D eigenvalue weighted by Crippen LogP contribution is 2.45. The molecular formula is C33H42N4O7. The zero-order valence-corrected chi connectivity index (χ0v) is 25.6. The molecule has 236 valence electrons. The van der Waals surface area contributed by atoms with Gasteiger partial charge in [0.15, 0.2) is 0 Å². The van der Waals surface area contributed by atoms with Crippen LogP contribution < -0.4 is 15.4 Å². The molecule has 2 saturated carbocycles. The summed E-state index contributed by atoms with van der Waals surface area (Å²) < 4.78 is 11.9. The third-order valence-electron chi connectivity index (χ3n) is 8.83. The smallest absolute Gasteiger partial charge is 0.408 e. The van der Waals surface area contributed by atoms with Gasteiger partial charge in [0.2, 0.25) is 11.8 Å². The van der Waals surface area contributed by atoms with Crippen LogP contribution in [0.1, 0.15) is 65.7 Å². The van der Waals surface area contributed by atoms with Crippen molar-refractivity contribution in [3.8, 4) is 5.75 Å². The molecule has 0 bridgehead atoms. The molecule has 3 amide bonds. The summed E-state index contributed by atoms with van der Waals surface area (Å²) in [6, 6.07) is 7.31. The largest absolute Gasteiger partial charge is 0.488 e. The first-order valence-corrected chi connectivity index (χ1v) is 15.4. The van der Waals surface area contributed by atoms with Gasteiger partial charge in [0.25, 0.3) is 0 Å². The Bertz CT molecular complexity index is 1430. The van der Waals surface area contributed by atoms with Gasteiger partial charge in [-0.1, -0.05) is 31.4 Å². The first-order valence-electron chi connectivity index (χ1n) is 15.4. The topological polar surface area (TPSA) is 147 Å². The zero-order valence-electron chi connectivity index (χ0n) is 25.6. The van der Waals surface area contributed by atoms with E-state index in [1.165, 1.54) is 11.0 Å². The van der Waals surface area contributed by atoms with Crippen molar-refractivity contribution in [1.29, 1.82) is 0 Å². The van der Waals surface area contributed by atoms with Gasteiger partial charge in [-0.2, -0.15) is 0 Å². The van der Waals surface area contributed by atoms with Crippen LogP contribution in [-0.2, 0) is 19.1 Å². The Kier molecular flexibility index (Phi) is 8.85. The molecule has 3 N–H and O–H groups in total. The molecule has 44 heavy (non-hydrogen) atoms. The van der Waals surface area contributed by atoms with Crippen molar-refractivity contribution in [2.24, 2.45) is 11.8 Å². The van der Waals surface area contributed by atoms with E-state index in [1.807, 2.05) is 30.3 Å². The summed E-state index contributed by atoms with van der Waals surface area (Å²) in [6.45, 7) is 9.04. The maximum atomic E-state index is 14.4.